The van der Waals surface area contributed by atoms with Gasteiger partial charge < -0.3 is 10.0 Å². The molecule has 0 spiro atoms. The highest BCUT2D eigenvalue weighted by Gasteiger charge is 2.14. The van der Waals surface area contributed by atoms with Crippen molar-refractivity contribution >= 4 is 29.1 Å². The van der Waals surface area contributed by atoms with Gasteiger partial charge in [-0.3, -0.25) is 0 Å². The summed E-state index contributed by atoms with van der Waals surface area (Å²) in [6, 6.07) is 12.0. The van der Waals surface area contributed by atoms with Crippen LogP contribution < -0.4 is 4.90 Å². The van der Waals surface area contributed by atoms with E-state index in [4.69, 9.17) is 22.0 Å². The van der Waals surface area contributed by atoms with Gasteiger partial charge >= 0.3 is 5.97 Å². The van der Waals surface area contributed by atoms with Gasteiger partial charge in [-0.25, -0.2) is 9.78 Å². The molecule has 1 N–H and O–H groups in total. The molecule has 0 unspecified atom stereocenters. The van der Waals surface area contributed by atoms with Gasteiger partial charge in [-0.05, 0) is 36.4 Å². The van der Waals surface area contributed by atoms with E-state index in [1.807, 2.05) is 6.07 Å². The second kappa shape index (κ2) is 5.59. The molecule has 20 heavy (non-hydrogen) atoms. The number of benzene rings is 1. The molecule has 2 rings (SSSR count). The molecule has 0 aliphatic carbocycles. The third kappa shape index (κ3) is 2.71. The smallest absolute Gasteiger partial charge is 0.356 e. The molecule has 6 heteroatoms. The summed E-state index contributed by atoms with van der Waals surface area (Å²) in [4.78, 5) is 16.7. The topological polar surface area (TPSA) is 77.2 Å². The molecular weight excluding hydrogens is 278 g/mol. The summed E-state index contributed by atoms with van der Waals surface area (Å²) in [5, 5.41) is 17.9. The third-order valence-corrected chi connectivity index (χ3v) is 3.07. The fourth-order valence-corrected chi connectivity index (χ4v) is 1.85. The standard InChI is InChI=1S/C14H10ClN3O2/c1-18(10-4-2-9(8-16)3-5-10)12-7-6-11(15)13(17-12)14(19)20/h2-7H,1H3,(H,19,20). The molecule has 0 atom stereocenters. The van der Waals surface area contributed by atoms with Crippen LogP contribution in [0.1, 0.15) is 16.1 Å². The Bertz CT molecular complexity index is 693. The maximum absolute atomic E-state index is 11.0. The van der Waals surface area contributed by atoms with Crippen LogP contribution in [-0.4, -0.2) is 23.1 Å². The maximum Gasteiger partial charge on any atom is 0.356 e. The van der Waals surface area contributed by atoms with E-state index >= 15 is 0 Å². The number of aromatic carboxylic acids is 1. The number of rotatable bonds is 3. The second-order valence-corrected chi connectivity index (χ2v) is 4.43. The summed E-state index contributed by atoms with van der Waals surface area (Å²) in [6.45, 7) is 0. The molecule has 0 amide bonds. The van der Waals surface area contributed by atoms with Crippen molar-refractivity contribution in [3.8, 4) is 6.07 Å². The van der Waals surface area contributed by atoms with Gasteiger partial charge in [0.15, 0.2) is 5.69 Å². The minimum Gasteiger partial charge on any atom is -0.476 e. The van der Waals surface area contributed by atoms with Gasteiger partial charge in [-0.15, -0.1) is 0 Å². The molecule has 1 aromatic heterocycles. The first-order chi connectivity index (χ1) is 9.52. The molecule has 0 saturated carbocycles. The SMILES string of the molecule is CN(c1ccc(C#N)cc1)c1ccc(Cl)c(C(=O)O)n1. The Morgan fingerprint density at radius 2 is 1.95 bits per heavy atom. The Kier molecular flexibility index (Phi) is 3.87. The van der Waals surface area contributed by atoms with Crippen molar-refractivity contribution < 1.29 is 9.90 Å². The van der Waals surface area contributed by atoms with E-state index in [2.05, 4.69) is 4.98 Å². The molecule has 1 heterocycles. The van der Waals surface area contributed by atoms with Crippen LogP contribution in [0.4, 0.5) is 11.5 Å². The highest BCUT2D eigenvalue weighted by molar-refractivity contribution is 6.33. The number of carboxylic acid groups (broad SMARTS) is 1. The van der Waals surface area contributed by atoms with Crippen LogP contribution in [0.25, 0.3) is 0 Å². The zero-order valence-corrected chi connectivity index (χ0v) is 11.3. The van der Waals surface area contributed by atoms with Gasteiger partial charge in [-0.2, -0.15) is 5.26 Å². The highest BCUT2D eigenvalue weighted by Crippen LogP contribution is 2.24. The number of carboxylic acids is 1. The van der Waals surface area contributed by atoms with E-state index in [1.54, 1.807) is 42.3 Å². The quantitative estimate of drug-likeness (QED) is 0.938. The number of pyridine rings is 1. The van der Waals surface area contributed by atoms with Crippen LogP contribution in [0.15, 0.2) is 36.4 Å². The lowest BCUT2D eigenvalue weighted by atomic mass is 10.2. The first-order valence-corrected chi connectivity index (χ1v) is 6.04. The predicted molar refractivity (Wildman–Crippen MR) is 75.4 cm³/mol. The lowest BCUT2D eigenvalue weighted by Crippen LogP contribution is -2.13. The van der Waals surface area contributed by atoms with Crippen LogP contribution in [0.5, 0.6) is 0 Å². The van der Waals surface area contributed by atoms with Crippen LogP contribution >= 0.6 is 11.6 Å². The molecule has 0 aliphatic heterocycles. The van der Waals surface area contributed by atoms with E-state index in [9.17, 15) is 4.79 Å². The number of nitrogens with zero attached hydrogens (tertiary/aromatic N) is 3. The molecule has 0 bridgehead atoms. The number of anilines is 2. The monoisotopic (exact) mass is 287 g/mol. The van der Waals surface area contributed by atoms with Gasteiger partial charge in [-0.1, -0.05) is 11.6 Å². The maximum atomic E-state index is 11.0. The summed E-state index contributed by atoms with van der Waals surface area (Å²) < 4.78 is 0. The van der Waals surface area contributed by atoms with Crippen molar-refractivity contribution in [3.63, 3.8) is 0 Å². The van der Waals surface area contributed by atoms with Gasteiger partial charge in [0.05, 0.1) is 16.7 Å². The van der Waals surface area contributed by atoms with Crippen molar-refractivity contribution in [2.45, 2.75) is 0 Å². The number of hydrogen-bond donors (Lipinski definition) is 1. The van der Waals surface area contributed by atoms with E-state index < -0.39 is 5.97 Å². The Balaban J connectivity index is 2.37. The number of halogens is 1. The normalized spacial score (nSPS) is 9.85. The molecule has 0 saturated heterocycles. The van der Waals surface area contributed by atoms with Crippen LogP contribution in [0, 0.1) is 11.3 Å². The summed E-state index contributed by atoms with van der Waals surface area (Å²) in [5.74, 6) is -0.721. The third-order valence-electron chi connectivity index (χ3n) is 2.76. The molecule has 0 radical (unpaired) electrons. The Morgan fingerprint density at radius 3 is 2.50 bits per heavy atom. The minimum absolute atomic E-state index is 0.0921. The largest absolute Gasteiger partial charge is 0.476 e. The minimum atomic E-state index is -1.18. The van der Waals surface area contributed by atoms with Crippen molar-refractivity contribution in [3.05, 3.63) is 52.7 Å². The zero-order valence-electron chi connectivity index (χ0n) is 10.5. The van der Waals surface area contributed by atoms with E-state index in [0.717, 1.165) is 5.69 Å². The average Bonchev–Trinajstić information content (AvgIpc) is 2.47. The summed E-state index contributed by atoms with van der Waals surface area (Å²) >= 11 is 5.78. The Labute approximate surface area is 120 Å². The van der Waals surface area contributed by atoms with Crippen molar-refractivity contribution in [1.82, 2.24) is 4.98 Å². The Hall–Kier alpha value is -2.58. The first kappa shape index (κ1) is 13.8. The molecule has 0 aliphatic rings. The van der Waals surface area contributed by atoms with Gasteiger partial charge in [0.1, 0.15) is 5.82 Å². The zero-order chi connectivity index (χ0) is 14.7. The van der Waals surface area contributed by atoms with E-state index in [-0.39, 0.29) is 10.7 Å². The van der Waals surface area contributed by atoms with Crippen molar-refractivity contribution in [2.24, 2.45) is 0 Å². The predicted octanol–water partition coefficient (Wildman–Crippen LogP) is 3.07. The summed E-state index contributed by atoms with van der Waals surface area (Å²) in [7, 11) is 1.75. The lowest BCUT2D eigenvalue weighted by molar-refractivity contribution is 0.0691. The first-order valence-electron chi connectivity index (χ1n) is 5.66. The van der Waals surface area contributed by atoms with Crippen LogP contribution in [0.3, 0.4) is 0 Å². The van der Waals surface area contributed by atoms with Crippen LogP contribution in [-0.2, 0) is 0 Å². The van der Waals surface area contributed by atoms with Gasteiger partial charge in [0.25, 0.3) is 0 Å². The molecule has 0 fully saturated rings. The number of nitriles is 1. The summed E-state index contributed by atoms with van der Waals surface area (Å²) in [5.41, 5.74) is 1.15. The number of hydrogen-bond acceptors (Lipinski definition) is 4. The fourth-order valence-electron chi connectivity index (χ4n) is 1.66. The highest BCUT2D eigenvalue weighted by atomic mass is 35.5. The van der Waals surface area contributed by atoms with Crippen molar-refractivity contribution in [1.29, 1.82) is 5.26 Å². The molecule has 2 aromatic rings. The number of carbonyl (C=O) groups is 1. The molecule has 5 nitrogen and oxygen atoms in total. The average molecular weight is 288 g/mol. The van der Waals surface area contributed by atoms with Gasteiger partial charge in [0, 0.05) is 12.7 Å². The second-order valence-electron chi connectivity index (χ2n) is 4.02. The molecular formula is C14H10ClN3O2. The fraction of sp³-hybridized carbons (Fsp3) is 0.0714. The van der Waals surface area contributed by atoms with E-state index in [1.165, 1.54) is 6.07 Å². The summed E-state index contributed by atoms with van der Waals surface area (Å²) in [6.07, 6.45) is 0. The van der Waals surface area contributed by atoms with Crippen molar-refractivity contribution in [2.75, 3.05) is 11.9 Å². The van der Waals surface area contributed by atoms with Gasteiger partial charge in [0.2, 0.25) is 0 Å². The Morgan fingerprint density at radius 1 is 1.30 bits per heavy atom. The number of aromatic nitrogens is 1. The lowest BCUT2D eigenvalue weighted by Gasteiger charge is -2.18. The molecule has 100 valence electrons. The van der Waals surface area contributed by atoms with E-state index in [0.29, 0.717) is 11.4 Å². The molecule has 1 aromatic carbocycles. The van der Waals surface area contributed by atoms with Crippen LogP contribution in [0.2, 0.25) is 5.02 Å².